The van der Waals surface area contributed by atoms with Crippen LogP contribution in [0.4, 0.5) is 0 Å². The monoisotopic (exact) mass is 163 g/mol. The van der Waals surface area contributed by atoms with E-state index in [1.807, 2.05) is 6.08 Å². The van der Waals surface area contributed by atoms with E-state index in [1.54, 1.807) is 12.4 Å². The lowest BCUT2D eigenvalue weighted by molar-refractivity contribution is 0.810. The number of aromatic nitrogens is 2. The smallest absolute Gasteiger partial charge is 0.130 e. The van der Waals surface area contributed by atoms with Gasteiger partial charge in [-0.3, -0.25) is 0 Å². The van der Waals surface area contributed by atoms with E-state index in [4.69, 9.17) is 5.41 Å². The molecule has 0 amide bonds. The normalized spacial score (nSPS) is 12.1. The highest BCUT2D eigenvalue weighted by molar-refractivity contribution is 5.82. The van der Waals surface area contributed by atoms with Crippen LogP contribution in [0, 0.1) is 11.3 Å². The highest BCUT2D eigenvalue weighted by Crippen LogP contribution is 2.09. The Bertz CT molecular complexity index is 270. The lowest BCUT2D eigenvalue weighted by atomic mass is 10.0. The fraction of sp³-hybridized carbons (Fsp3) is 0.333. The molecule has 0 aliphatic heterocycles. The number of rotatable bonds is 3. The second-order valence-corrected chi connectivity index (χ2v) is 2.92. The first-order valence-corrected chi connectivity index (χ1v) is 3.95. The average Bonchev–Trinajstić information content (AvgIpc) is 2.51. The van der Waals surface area contributed by atoms with Gasteiger partial charge in [0.05, 0.1) is 0 Å². The SMILES string of the molecule is CC(C)/C(C=N)=C/c1ncc[nH]1. The van der Waals surface area contributed by atoms with E-state index in [2.05, 4.69) is 23.8 Å². The molecule has 0 fully saturated rings. The first-order valence-electron chi connectivity index (χ1n) is 3.95. The summed E-state index contributed by atoms with van der Waals surface area (Å²) >= 11 is 0. The molecule has 0 saturated heterocycles. The van der Waals surface area contributed by atoms with Crippen LogP contribution in [-0.4, -0.2) is 16.2 Å². The molecule has 0 unspecified atom stereocenters. The Balaban J connectivity index is 2.85. The number of hydrogen-bond donors (Lipinski definition) is 2. The number of H-pyrrole nitrogens is 1. The Morgan fingerprint density at radius 1 is 1.67 bits per heavy atom. The second-order valence-electron chi connectivity index (χ2n) is 2.92. The molecule has 0 aliphatic carbocycles. The molecular weight excluding hydrogens is 150 g/mol. The molecule has 1 heterocycles. The van der Waals surface area contributed by atoms with Crippen LogP contribution >= 0.6 is 0 Å². The van der Waals surface area contributed by atoms with Gasteiger partial charge in [-0.25, -0.2) is 4.98 Å². The minimum Gasteiger partial charge on any atom is -0.345 e. The van der Waals surface area contributed by atoms with Gasteiger partial charge in [-0.15, -0.1) is 0 Å². The molecule has 0 saturated carbocycles. The van der Waals surface area contributed by atoms with Crippen molar-refractivity contribution in [3.63, 3.8) is 0 Å². The molecule has 64 valence electrons. The van der Waals surface area contributed by atoms with E-state index in [1.165, 1.54) is 6.21 Å². The first-order chi connectivity index (χ1) is 5.74. The van der Waals surface area contributed by atoms with Crippen LogP contribution in [-0.2, 0) is 0 Å². The predicted octanol–water partition coefficient (Wildman–Crippen LogP) is 2.10. The maximum atomic E-state index is 7.16. The zero-order valence-electron chi connectivity index (χ0n) is 7.33. The van der Waals surface area contributed by atoms with Crippen molar-refractivity contribution in [2.75, 3.05) is 0 Å². The van der Waals surface area contributed by atoms with Crippen molar-refractivity contribution in [1.29, 1.82) is 5.41 Å². The van der Waals surface area contributed by atoms with Gasteiger partial charge < -0.3 is 10.4 Å². The highest BCUT2D eigenvalue weighted by atomic mass is 14.9. The van der Waals surface area contributed by atoms with E-state index in [-0.39, 0.29) is 0 Å². The van der Waals surface area contributed by atoms with E-state index in [0.29, 0.717) is 5.92 Å². The van der Waals surface area contributed by atoms with Gasteiger partial charge in [0.25, 0.3) is 0 Å². The molecule has 0 atom stereocenters. The van der Waals surface area contributed by atoms with Gasteiger partial charge in [0.15, 0.2) is 0 Å². The minimum atomic E-state index is 0.368. The predicted molar refractivity (Wildman–Crippen MR) is 50.2 cm³/mol. The maximum absolute atomic E-state index is 7.16. The number of nitrogens with zero attached hydrogens (tertiary/aromatic N) is 1. The molecular formula is C9H13N3. The largest absolute Gasteiger partial charge is 0.345 e. The molecule has 0 bridgehead atoms. The van der Waals surface area contributed by atoms with E-state index in [0.717, 1.165) is 11.4 Å². The summed E-state index contributed by atoms with van der Waals surface area (Å²) < 4.78 is 0. The summed E-state index contributed by atoms with van der Waals surface area (Å²) in [5, 5.41) is 7.16. The van der Waals surface area contributed by atoms with Crippen LogP contribution in [0.3, 0.4) is 0 Å². The van der Waals surface area contributed by atoms with Crippen molar-refractivity contribution in [3.8, 4) is 0 Å². The molecule has 0 aliphatic rings. The average molecular weight is 163 g/mol. The van der Waals surface area contributed by atoms with Gasteiger partial charge in [0.2, 0.25) is 0 Å². The standard InChI is InChI=1S/C9H13N3/c1-7(2)8(6-10)5-9-11-3-4-12-9/h3-7,10H,1-2H3,(H,11,12)/b8-5+,10-6?. The number of hydrogen-bond acceptors (Lipinski definition) is 2. The van der Waals surface area contributed by atoms with Crippen molar-refractivity contribution in [3.05, 3.63) is 23.8 Å². The topological polar surface area (TPSA) is 52.5 Å². The molecule has 12 heavy (non-hydrogen) atoms. The molecule has 1 rings (SSSR count). The van der Waals surface area contributed by atoms with Crippen molar-refractivity contribution in [2.45, 2.75) is 13.8 Å². The summed E-state index contributed by atoms with van der Waals surface area (Å²) in [6.45, 7) is 4.11. The van der Waals surface area contributed by atoms with Gasteiger partial charge in [-0.1, -0.05) is 13.8 Å². The molecule has 0 spiro atoms. The van der Waals surface area contributed by atoms with Gasteiger partial charge in [0.1, 0.15) is 5.82 Å². The zero-order chi connectivity index (χ0) is 8.97. The third-order valence-electron chi connectivity index (χ3n) is 1.66. The minimum absolute atomic E-state index is 0.368. The van der Waals surface area contributed by atoms with Crippen molar-refractivity contribution in [2.24, 2.45) is 5.92 Å². The Hall–Kier alpha value is -1.38. The second kappa shape index (κ2) is 3.85. The van der Waals surface area contributed by atoms with Gasteiger partial charge in [-0.2, -0.15) is 0 Å². The molecule has 0 radical (unpaired) electrons. The zero-order valence-corrected chi connectivity index (χ0v) is 7.33. The Morgan fingerprint density at radius 3 is 2.83 bits per heavy atom. The Kier molecular flexibility index (Phi) is 2.80. The molecule has 3 nitrogen and oxygen atoms in total. The highest BCUT2D eigenvalue weighted by Gasteiger charge is 1.99. The molecule has 1 aromatic rings. The third-order valence-corrected chi connectivity index (χ3v) is 1.66. The fourth-order valence-electron chi connectivity index (χ4n) is 0.889. The summed E-state index contributed by atoms with van der Waals surface area (Å²) in [7, 11) is 0. The number of aromatic amines is 1. The maximum Gasteiger partial charge on any atom is 0.130 e. The van der Waals surface area contributed by atoms with Gasteiger partial charge in [-0.05, 0) is 17.6 Å². The number of nitrogens with one attached hydrogen (secondary N) is 2. The van der Waals surface area contributed by atoms with Crippen LogP contribution in [0.2, 0.25) is 0 Å². The fourth-order valence-corrected chi connectivity index (χ4v) is 0.889. The summed E-state index contributed by atoms with van der Waals surface area (Å²) in [4.78, 5) is 7.02. The van der Waals surface area contributed by atoms with Crippen LogP contribution in [0.25, 0.3) is 6.08 Å². The molecule has 0 aromatic carbocycles. The van der Waals surface area contributed by atoms with Crippen LogP contribution in [0.5, 0.6) is 0 Å². The van der Waals surface area contributed by atoms with E-state index in [9.17, 15) is 0 Å². The van der Waals surface area contributed by atoms with Crippen molar-refractivity contribution >= 4 is 12.3 Å². The van der Waals surface area contributed by atoms with Crippen LogP contribution in [0.15, 0.2) is 18.0 Å². The van der Waals surface area contributed by atoms with Crippen LogP contribution in [0.1, 0.15) is 19.7 Å². The molecule has 2 N–H and O–H groups in total. The lowest BCUT2D eigenvalue weighted by Gasteiger charge is -2.02. The third kappa shape index (κ3) is 2.05. The molecule has 1 aromatic heterocycles. The summed E-state index contributed by atoms with van der Waals surface area (Å²) in [6, 6.07) is 0. The number of imidazole rings is 1. The molecule has 3 heteroatoms. The van der Waals surface area contributed by atoms with Gasteiger partial charge >= 0.3 is 0 Å². The summed E-state index contributed by atoms with van der Waals surface area (Å²) in [6.07, 6.45) is 6.73. The Morgan fingerprint density at radius 2 is 2.42 bits per heavy atom. The van der Waals surface area contributed by atoms with Gasteiger partial charge in [0, 0.05) is 18.6 Å². The quantitative estimate of drug-likeness (QED) is 0.659. The van der Waals surface area contributed by atoms with E-state index < -0.39 is 0 Å². The first kappa shape index (κ1) is 8.71. The van der Waals surface area contributed by atoms with Crippen molar-refractivity contribution in [1.82, 2.24) is 9.97 Å². The number of allylic oxidation sites excluding steroid dienone is 1. The summed E-state index contributed by atoms with van der Waals surface area (Å²) in [5.41, 5.74) is 0.977. The van der Waals surface area contributed by atoms with E-state index >= 15 is 0 Å². The van der Waals surface area contributed by atoms with Crippen LogP contribution < -0.4 is 0 Å². The summed E-state index contributed by atoms with van der Waals surface area (Å²) in [5.74, 6) is 1.18. The Labute approximate surface area is 72.0 Å². The lowest BCUT2D eigenvalue weighted by Crippen LogP contribution is -1.94. The van der Waals surface area contributed by atoms with Crippen molar-refractivity contribution < 1.29 is 0 Å².